The average Bonchev–Trinajstić information content (AvgIpc) is 2.76. The van der Waals surface area contributed by atoms with Crippen molar-refractivity contribution in [1.82, 2.24) is 0 Å². The maximum atomic E-state index is 8.37. The van der Waals surface area contributed by atoms with Crippen LogP contribution in [0.4, 0.5) is 5.69 Å². The van der Waals surface area contributed by atoms with Crippen molar-refractivity contribution in [3.05, 3.63) is 78.6 Å². The predicted molar refractivity (Wildman–Crippen MR) is 81.7 cm³/mol. The highest BCUT2D eigenvalue weighted by Crippen LogP contribution is 2.25. The Bertz CT molecular complexity index is 1130. The third kappa shape index (κ3) is 2.50. The van der Waals surface area contributed by atoms with E-state index in [1.54, 1.807) is 0 Å². The van der Waals surface area contributed by atoms with Gasteiger partial charge in [0.2, 0.25) is 0 Å². The summed E-state index contributed by atoms with van der Waals surface area (Å²) in [7, 11) is 0. The lowest BCUT2D eigenvalue weighted by atomic mass is 10.0. The normalized spacial score (nSPS) is 19.9. The first kappa shape index (κ1) is 3.97. The summed E-state index contributed by atoms with van der Waals surface area (Å²) < 4.78 is 105. The maximum Gasteiger partial charge on any atom is 0.0645 e. The van der Waals surface area contributed by atoms with Gasteiger partial charge in [-0.15, -0.1) is 0 Å². The first-order valence-corrected chi connectivity index (χ1v) is 5.29. The fraction of sp³-hybridized carbons (Fsp3) is 0. The van der Waals surface area contributed by atoms with E-state index in [4.69, 9.17) is 23.6 Å². The Morgan fingerprint density at radius 1 is 0.526 bits per heavy atom. The standard InChI is InChI=1S/C18H15N/c19-18-12-10-17(11-13-18)16-8-6-15(7-9-16)14-4-2-1-3-5-14/h1-13H,19H2/i1D,2D,3D,4D,5D,6D,7D,8D,9D,10D,11D,12D,13D. The molecule has 0 saturated heterocycles. The summed E-state index contributed by atoms with van der Waals surface area (Å²) in [6.45, 7) is 0. The van der Waals surface area contributed by atoms with Crippen LogP contribution in [0.1, 0.15) is 17.8 Å². The number of rotatable bonds is 2. The molecule has 19 heavy (non-hydrogen) atoms. The maximum absolute atomic E-state index is 8.37. The van der Waals surface area contributed by atoms with Crippen LogP contribution in [-0.2, 0) is 0 Å². The average molecular weight is 258 g/mol. The molecule has 0 heterocycles. The molecule has 0 aliphatic carbocycles. The molecule has 0 saturated carbocycles. The third-order valence-corrected chi connectivity index (χ3v) is 2.27. The Balaban J connectivity index is 2.50. The second kappa shape index (κ2) is 4.99. The highest BCUT2D eigenvalue weighted by atomic mass is 14.5. The third-order valence-electron chi connectivity index (χ3n) is 2.27. The summed E-state index contributed by atoms with van der Waals surface area (Å²) in [5, 5.41) is 0. The van der Waals surface area contributed by atoms with Crippen LogP contribution in [0, 0.1) is 0 Å². The molecule has 2 N–H and O–H groups in total. The van der Waals surface area contributed by atoms with Crippen LogP contribution in [0.25, 0.3) is 22.3 Å². The minimum atomic E-state index is -0.756. The van der Waals surface area contributed by atoms with Crippen LogP contribution < -0.4 is 5.73 Å². The van der Waals surface area contributed by atoms with E-state index in [0.29, 0.717) is 0 Å². The number of hydrogen-bond acceptors (Lipinski definition) is 1. The van der Waals surface area contributed by atoms with E-state index in [1.165, 1.54) is 0 Å². The van der Waals surface area contributed by atoms with Gasteiger partial charge in [0.1, 0.15) is 0 Å². The molecule has 0 fully saturated rings. The lowest BCUT2D eigenvalue weighted by Crippen LogP contribution is -1.84. The molecule has 0 unspecified atom stereocenters. The zero-order valence-corrected chi connectivity index (χ0v) is 9.58. The zero-order chi connectivity index (χ0) is 24.4. The van der Waals surface area contributed by atoms with Gasteiger partial charge >= 0.3 is 0 Å². The van der Waals surface area contributed by atoms with Gasteiger partial charge in [0.05, 0.1) is 17.8 Å². The van der Waals surface area contributed by atoms with Gasteiger partial charge in [-0.05, 0) is 34.3 Å². The molecule has 0 radical (unpaired) electrons. The summed E-state index contributed by atoms with van der Waals surface area (Å²) in [6, 6.07) is -9.04. The number of hydrogen-bond donors (Lipinski definition) is 1. The van der Waals surface area contributed by atoms with Crippen molar-refractivity contribution in [2.75, 3.05) is 5.73 Å². The molecule has 1 heteroatoms. The minimum Gasteiger partial charge on any atom is -0.399 e. The Hall–Kier alpha value is -2.54. The molecule has 0 spiro atoms. The van der Waals surface area contributed by atoms with Crippen molar-refractivity contribution in [3.63, 3.8) is 0 Å². The molecular weight excluding hydrogens is 230 g/mol. The fourth-order valence-electron chi connectivity index (χ4n) is 1.38. The molecule has 3 aromatic carbocycles. The van der Waals surface area contributed by atoms with Crippen LogP contribution in [-0.4, -0.2) is 0 Å². The fourth-order valence-corrected chi connectivity index (χ4v) is 1.38. The molecule has 92 valence electrons. The van der Waals surface area contributed by atoms with Gasteiger partial charge in [-0.25, -0.2) is 0 Å². The van der Waals surface area contributed by atoms with Gasteiger partial charge in [0.15, 0.2) is 0 Å². The van der Waals surface area contributed by atoms with Crippen molar-refractivity contribution >= 4 is 5.69 Å². The quantitative estimate of drug-likeness (QED) is 0.668. The number of anilines is 1. The van der Waals surface area contributed by atoms with Crippen molar-refractivity contribution in [2.24, 2.45) is 0 Å². The van der Waals surface area contributed by atoms with Crippen molar-refractivity contribution in [3.8, 4) is 22.3 Å². The first-order chi connectivity index (χ1) is 14.7. The van der Waals surface area contributed by atoms with E-state index in [2.05, 4.69) is 0 Å². The molecular formula is C18H15N. The molecule has 3 rings (SSSR count). The molecule has 0 bridgehead atoms. The van der Waals surface area contributed by atoms with Gasteiger partial charge in [-0.1, -0.05) is 66.5 Å². The largest absolute Gasteiger partial charge is 0.399 e. The van der Waals surface area contributed by atoms with Crippen molar-refractivity contribution in [1.29, 1.82) is 0 Å². The number of benzene rings is 3. The second-order valence-corrected chi connectivity index (χ2v) is 3.54. The van der Waals surface area contributed by atoms with Gasteiger partial charge in [0, 0.05) is 5.69 Å². The lowest BCUT2D eigenvalue weighted by molar-refractivity contribution is 1.59. The van der Waals surface area contributed by atoms with E-state index < -0.39 is 106 Å². The Morgan fingerprint density at radius 2 is 0.895 bits per heavy atom. The van der Waals surface area contributed by atoms with Crippen LogP contribution in [0.3, 0.4) is 0 Å². The van der Waals surface area contributed by atoms with Gasteiger partial charge in [-0.2, -0.15) is 0 Å². The molecule has 0 aliphatic rings. The van der Waals surface area contributed by atoms with Crippen LogP contribution in [0.15, 0.2) is 78.6 Å². The second-order valence-electron chi connectivity index (χ2n) is 3.54. The first-order valence-electron chi connectivity index (χ1n) is 11.8. The Labute approximate surface area is 131 Å². The van der Waals surface area contributed by atoms with Crippen LogP contribution in [0.5, 0.6) is 0 Å². The van der Waals surface area contributed by atoms with E-state index in [9.17, 15) is 0 Å². The highest BCUT2D eigenvalue weighted by Gasteiger charge is 1.99. The Morgan fingerprint density at radius 3 is 1.37 bits per heavy atom. The molecule has 1 nitrogen and oxygen atoms in total. The zero-order valence-electron chi connectivity index (χ0n) is 22.6. The minimum absolute atomic E-state index is 0.435. The van der Waals surface area contributed by atoms with Gasteiger partial charge < -0.3 is 5.73 Å². The summed E-state index contributed by atoms with van der Waals surface area (Å²) in [6.07, 6.45) is 0. The molecule has 0 atom stereocenters. The summed E-state index contributed by atoms with van der Waals surface area (Å²) >= 11 is 0. The topological polar surface area (TPSA) is 26.0 Å². The molecule has 0 aliphatic heterocycles. The number of nitrogens with two attached hydrogens (primary N) is 1. The molecule has 0 aromatic heterocycles. The Kier molecular flexibility index (Phi) is 1.04. The highest BCUT2D eigenvalue weighted by molar-refractivity contribution is 5.71. The van der Waals surface area contributed by atoms with E-state index >= 15 is 0 Å². The smallest absolute Gasteiger partial charge is 0.0645 e. The number of nitrogen functional groups attached to an aromatic ring is 1. The summed E-state index contributed by atoms with van der Waals surface area (Å²) in [5.74, 6) is 0. The molecule has 0 amide bonds. The van der Waals surface area contributed by atoms with Gasteiger partial charge in [-0.3, -0.25) is 0 Å². The summed E-state index contributed by atoms with van der Waals surface area (Å²) in [5.41, 5.74) is 3.07. The van der Waals surface area contributed by atoms with Crippen molar-refractivity contribution in [2.45, 2.75) is 0 Å². The predicted octanol–water partition coefficient (Wildman–Crippen LogP) is 4.60. The van der Waals surface area contributed by atoms with E-state index in [1.807, 2.05) is 0 Å². The lowest BCUT2D eigenvalue weighted by Gasteiger charge is -2.05. The van der Waals surface area contributed by atoms with Crippen LogP contribution in [0.2, 0.25) is 0 Å². The monoisotopic (exact) mass is 258 g/mol. The van der Waals surface area contributed by atoms with Crippen LogP contribution >= 0.6 is 0 Å². The molecule has 3 aromatic rings. The SMILES string of the molecule is [2H]c1c([2H])c([2H])c(-c2c([2H])c([2H])c(-c3c([2H])c([2H])c(N)c([2H])c3[2H])c([2H])c2[2H])c([2H])c1[2H]. The van der Waals surface area contributed by atoms with Crippen molar-refractivity contribution < 1.29 is 17.8 Å². The van der Waals surface area contributed by atoms with E-state index in [0.717, 1.165) is 0 Å². The van der Waals surface area contributed by atoms with Gasteiger partial charge in [0.25, 0.3) is 0 Å². The van der Waals surface area contributed by atoms with E-state index in [-0.39, 0.29) is 0 Å². The summed E-state index contributed by atoms with van der Waals surface area (Å²) in [4.78, 5) is 0.